The van der Waals surface area contributed by atoms with E-state index in [1.165, 1.54) is 0 Å². The van der Waals surface area contributed by atoms with Crippen molar-refractivity contribution in [1.82, 2.24) is 0 Å². The van der Waals surface area contributed by atoms with Crippen molar-refractivity contribution in [3.63, 3.8) is 0 Å². The number of benzene rings is 1. The SMILES string of the molecule is CC(CCO)Sc1ccc(CO)c(Cl)c1. The van der Waals surface area contributed by atoms with Crippen molar-refractivity contribution in [1.29, 1.82) is 0 Å². The van der Waals surface area contributed by atoms with E-state index in [4.69, 9.17) is 21.8 Å². The summed E-state index contributed by atoms with van der Waals surface area (Å²) in [5.41, 5.74) is 0.746. The van der Waals surface area contributed by atoms with E-state index in [-0.39, 0.29) is 13.2 Å². The fourth-order valence-corrected chi connectivity index (χ4v) is 2.53. The summed E-state index contributed by atoms with van der Waals surface area (Å²) in [6, 6.07) is 5.62. The van der Waals surface area contributed by atoms with Crippen LogP contribution in [0.5, 0.6) is 0 Å². The minimum absolute atomic E-state index is 0.0318. The van der Waals surface area contributed by atoms with E-state index in [9.17, 15) is 0 Å². The monoisotopic (exact) mass is 246 g/mol. The maximum Gasteiger partial charge on any atom is 0.0696 e. The summed E-state index contributed by atoms with van der Waals surface area (Å²) >= 11 is 7.64. The maximum absolute atomic E-state index is 8.95. The first-order valence-electron chi connectivity index (χ1n) is 4.84. The summed E-state index contributed by atoms with van der Waals surface area (Å²) in [5, 5.41) is 18.7. The summed E-state index contributed by atoms with van der Waals surface area (Å²) in [6.07, 6.45) is 0.768. The van der Waals surface area contributed by atoms with E-state index in [0.717, 1.165) is 16.9 Å². The molecule has 0 aliphatic heterocycles. The van der Waals surface area contributed by atoms with Crippen LogP contribution in [0.2, 0.25) is 5.02 Å². The minimum Gasteiger partial charge on any atom is -0.396 e. The van der Waals surface area contributed by atoms with Crippen LogP contribution in [-0.2, 0) is 6.61 Å². The van der Waals surface area contributed by atoms with Crippen LogP contribution >= 0.6 is 23.4 Å². The first kappa shape index (κ1) is 12.8. The Hall–Kier alpha value is -0.220. The molecule has 0 spiro atoms. The number of aliphatic hydroxyl groups excluding tert-OH is 2. The van der Waals surface area contributed by atoms with Gasteiger partial charge in [-0.2, -0.15) is 0 Å². The Balaban J connectivity index is 2.66. The molecule has 1 aromatic rings. The van der Waals surface area contributed by atoms with Gasteiger partial charge < -0.3 is 10.2 Å². The predicted molar refractivity (Wildman–Crippen MR) is 64.4 cm³/mol. The van der Waals surface area contributed by atoms with Crippen LogP contribution in [0, 0.1) is 0 Å². The van der Waals surface area contributed by atoms with Gasteiger partial charge in [0, 0.05) is 21.8 Å². The van der Waals surface area contributed by atoms with Gasteiger partial charge in [0.1, 0.15) is 0 Å². The lowest BCUT2D eigenvalue weighted by Crippen LogP contribution is -1.99. The third-order valence-electron chi connectivity index (χ3n) is 2.07. The van der Waals surface area contributed by atoms with E-state index in [0.29, 0.717) is 10.3 Å². The zero-order valence-electron chi connectivity index (χ0n) is 8.61. The Morgan fingerprint density at radius 1 is 1.40 bits per heavy atom. The number of aliphatic hydroxyl groups is 2. The van der Waals surface area contributed by atoms with Crippen LogP contribution in [0.4, 0.5) is 0 Å². The van der Waals surface area contributed by atoms with E-state index >= 15 is 0 Å². The van der Waals surface area contributed by atoms with Gasteiger partial charge >= 0.3 is 0 Å². The highest BCUT2D eigenvalue weighted by molar-refractivity contribution is 7.99. The Bertz CT molecular complexity index is 317. The Morgan fingerprint density at radius 2 is 2.13 bits per heavy atom. The van der Waals surface area contributed by atoms with Gasteiger partial charge in [-0.25, -0.2) is 0 Å². The van der Waals surface area contributed by atoms with E-state index in [2.05, 4.69) is 6.92 Å². The van der Waals surface area contributed by atoms with Crippen molar-refractivity contribution in [3.05, 3.63) is 28.8 Å². The second-order valence-electron chi connectivity index (χ2n) is 3.35. The molecule has 0 bridgehead atoms. The summed E-state index contributed by atoms with van der Waals surface area (Å²) in [7, 11) is 0. The van der Waals surface area contributed by atoms with Crippen LogP contribution < -0.4 is 0 Å². The molecule has 84 valence electrons. The average Bonchev–Trinajstić information content (AvgIpc) is 2.18. The highest BCUT2D eigenvalue weighted by atomic mass is 35.5. The molecular weight excluding hydrogens is 232 g/mol. The van der Waals surface area contributed by atoms with E-state index < -0.39 is 0 Å². The Kier molecular flexibility index (Phi) is 5.47. The molecule has 0 saturated carbocycles. The Labute approximate surface area is 99.3 Å². The molecule has 15 heavy (non-hydrogen) atoms. The first-order chi connectivity index (χ1) is 7.17. The molecule has 2 nitrogen and oxygen atoms in total. The van der Waals surface area contributed by atoms with E-state index in [1.807, 2.05) is 18.2 Å². The van der Waals surface area contributed by atoms with Crippen LogP contribution in [0.3, 0.4) is 0 Å². The fourth-order valence-electron chi connectivity index (χ4n) is 1.20. The van der Waals surface area contributed by atoms with Gasteiger partial charge in [0.2, 0.25) is 0 Å². The molecule has 0 fully saturated rings. The van der Waals surface area contributed by atoms with Crippen molar-refractivity contribution in [2.24, 2.45) is 0 Å². The minimum atomic E-state index is -0.0318. The lowest BCUT2D eigenvalue weighted by atomic mass is 10.2. The summed E-state index contributed by atoms with van der Waals surface area (Å²) in [4.78, 5) is 1.07. The van der Waals surface area contributed by atoms with Gasteiger partial charge in [0.15, 0.2) is 0 Å². The number of thioether (sulfide) groups is 1. The van der Waals surface area contributed by atoms with Crippen molar-refractivity contribution >= 4 is 23.4 Å². The van der Waals surface area contributed by atoms with Crippen molar-refractivity contribution in [2.75, 3.05) is 6.61 Å². The number of rotatable bonds is 5. The molecule has 1 aromatic carbocycles. The highest BCUT2D eigenvalue weighted by Crippen LogP contribution is 2.29. The molecular formula is C11H15ClO2S. The molecule has 0 saturated heterocycles. The molecule has 0 radical (unpaired) electrons. The van der Waals surface area contributed by atoms with Crippen LogP contribution in [0.25, 0.3) is 0 Å². The quantitative estimate of drug-likeness (QED) is 0.785. The average molecular weight is 247 g/mol. The molecule has 0 aliphatic rings. The molecule has 4 heteroatoms. The molecule has 1 unspecified atom stereocenters. The standard InChI is InChI=1S/C11H15ClO2S/c1-8(4-5-13)15-10-3-2-9(7-14)11(12)6-10/h2-3,6,8,13-14H,4-5,7H2,1H3. The van der Waals surface area contributed by atoms with Gasteiger partial charge in [-0.15, -0.1) is 11.8 Å². The summed E-state index contributed by atoms with van der Waals surface area (Å²) in [6.45, 7) is 2.24. The molecule has 0 heterocycles. The second kappa shape index (κ2) is 6.38. The second-order valence-corrected chi connectivity index (χ2v) is 5.27. The third-order valence-corrected chi connectivity index (χ3v) is 3.58. The number of halogens is 1. The maximum atomic E-state index is 8.95. The van der Waals surface area contributed by atoms with Crippen molar-refractivity contribution < 1.29 is 10.2 Å². The number of hydrogen-bond donors (Lipinski definition) is 2. The van der Waals surface area contributed by atoms with Gasteiger partial charge in [-0.1, -0.05) is 24.6 Å². The van der Waals surface area contributed by atoms with Crippen molar-refractivity contribution in [2.45, 2.75) is 30.1 Å². The predicted octanol–water partition coefficient (Wildman–Crippen LogP) is 2.70. The molecule has 0 amide bonds. The summed E-state index contributed by atoms with van der Waals surface area (Å²) in [5.74, 6) is 0. The smallest absolute Gasteiger partial charge is 0.0696 e. The molecule has 1 rings (SSSR count). The topological polar surface area (TPSA) is 40.5 Å². The van der Waals surface area contributed by atoms with Crippen molar-refractivity contribution in [3.8, 4) is 0 Å². The first-order valence-corrected chi connectivity index (χ1v) is 6.10. The van der Waals surface area contributed by atoms with Crippen LogP contribution in [0.15, 0.2) is 23.1 Å². The molecule has 0 aromatic heterocycles. The zero-order chi connectivity index (χ0) is 11.3. The number of hydrogen-bond acceptors (Lipinski definition) is 3. The summed E-state index contributed by atoms with van der Waals surface area (Å²) < 4.78 is 0. The van der Waals surface area contributed by atoms with Crippen LogP contribution in [-0.4, -0.2) is 22.1 Å². The van der Waals surface area contributed by atoms with Gasteiger partial charge in [-0.3, -0.25) is 0 Å². The largest absolute Gasteiger partial charge is 0.396 e. The molecule has 2 N–H and O–H groups in total. The molecule has 0 aliphatic carbocycles. The zero-order valence-corrected chi connectivity index (χ0v) is 10.2. The third kappa shape index (κ3) is 4.03. The normalized spacial score (nSPS) is 12.8. The lowest BCUT2D eigenvalue weighted by molar-refractivity contribution is 0.282. The van der Waals surface area contributed by atoms with Crippen LogP contribution in [0.1, 0.15) is 18.9 Å². The lowest BCUT2D eigenvalue weighted by Gasteiger charge is -2.10. The molecule has 1 atom stereocenters. The van der Waals surface area contributed by atoms with Gasteiger partial charge in [0.05, 0.1) is 6.61 Å². The van der Waals surface area contributed by atoms with E-state index in [1.54, 1.807) is 11.8 Å². The highest BCUT2D eigenvalue weighted by Gasteiger charge is 2.06. The Morgan fingerprint density at radius 3 is 2.67 bits per heavy atom. The van der Waals surface area contributed by atoms with Gasteiger partial charge in [0.25, 0.3) is 0 Å². The fraction of sp³-hybridized carbons (Fsp3) is 0.455. The van der Waals surface area contributed by atoms with Gasteiger partial charge in [-0.05, 0) is 24.1 Å².